The van der Waals surface area contributed by atoms with Crippen LogP contribution in [0.15, 0.2) is 24.3 Å². The number of urea groups is 1. The van der Waals surface area contributed by atoms with E-state index >= 15 is 0 Å². The van der Waals surface area contributed by atoms with Crippen molar-refractivity contribution in [3.63, 3.8) is 0 Å². The minimum atomic E-state index is -0.300. The fourth-order valence-electron chi connectivity index (χ4n) is 1.41. The summed E-state index contributed by atoms with van der Waals surface area (Å²) in [6.07, 6.45) is 0. The van der Waals surface area contributed by atoms with Crippen LogP contribution in [0.3, 0.4) is 0 Å². The number of nitrogens with zero attached hydrogens (tertiary/aromatic N) is 2. The number of hydrogen-bond donors (Lipinski definition) is 2. The van der Waals surface area contributed by atoms with Crippen LogP contribution >= 0.6 is 11.5 Å². The molecule has 2 N–H and O–H groups in total. The molecule has 100 valence electrons. The van der Waals surface area contributed by atoms with Crippen LogP contribution in [0.1, 0.15) is 10.6 Å². The topological polar surface area (TPSA) is 76.1 Å². The molecule has 0 bridgehead atoms. The summed E-state index contributed by atoms with van der Waals surface area (Å²) in [5, 5.41) is 5.39. The standard InChI is InChI=1S/C12H14N4O2S/c1-8-4-3-5-10(14-8)15-12(17)13-7-9-6-11(18-2)16-19-9/h3-6H,7H2,1-2H3,(H2,13,14,15,17). The Kier molecular flexibility index (Phi) is 4.30. The summed E-state index contributed by atoms with van der Waals surface area (Å²) in [6, 6.07) is 6.93. The summed E-state index contributed by atoms with van der Waals surface area (Å²) in [5.74, 6) is 1.09. The molecule has 0 aromatic carbocycles. The maximum atomic E-state index is 11.7. The number of nitrogens with one attached hydrogen (secondary N) is 2. The van der Waals surface area contributed by atoms with E-state index in [9.17, 15) is 4.79 Å². The van der Waals surface area contributed by atoms with Crippen molar-refractivity contribution in [3.8, 4) is 5.88 Å². The van der Waals surface area contributed by atoms with Crippen molar-refractivity contribution < 1.29 is 9.53 Å². The number of pyridine rings is 1. The zero-order valence-electron chi connectivity index (χ0n) is 10.6. The molecule has 2 amide bonds. The maximum absolute atomic E-state index is 11.7. The fourth-order valence-corrected chi connectivity index (χ4v) is 2.04. The van der Waals surface area contributed by atoms with Gasteiger partial charge in [-0.2, -0.15) is 4.37 Å². The second-order valence-corrected chi connectivity index (χ2v) is 4.70. The summed E-state index contributed by atoms with van der Waals surface area (Å²) < 4.78 is 9.02. The number of aromatic nitrogens is 2. The highest BCUT2D eigenvalue weighted by molar-refractivity contribution is 7.05. The minimum absolute atomic E-state index is 0.300. The second-order valence-electron chi connectivity index (χ2n) is 3.81. The largest absolute Gasteiger partial charge is 0.480 e. The zero-order valence-corrected chi connectivity index (χ0v) is 11.5. The van der Waals surface area contributed by atoms with Gasteiger partial charge < -0.3 is 10.1 Å². The van der Waals surface area contributed by atoms with Gasteiger partial charge in [-0.25, -0.2) is 9.78 Å². The molecule has 0 fully saturated rings. The molecule has 0 aliphatic carbocycles. The third-order valence-corrected chi connectivity index (χ3v) is 3.07. The third-order valence-electron chi connectivity index (χ3n) is 2.30. The second kappa shape index (κ2) is 6.14. The van der Waals surface area contributed by atoms with Gasteiger partial charge in [-0.3, -0.25) is 5.32 Å². The van der Waals surface area contributed by atoms with Crippen LogP contribution in [0.25, 0.3) is 0 Å². The summed E-state index contributed by atoms with van der Waals surface area (Å²) in [4.78, 5) is 16.8. The molecule has 0 spiro atoms. The van der Waals surface area contributed by atoms with Crippen molar-refractivity contribution >= 4 is 23.4 Å². The van der Waals surface area contributed by atoms with Crippen LogP contribution in [-0.2, 0) is 6.54 Å². The third kappa shape index (κ3) is 3.92. The lowest BCUT2D eigenvalue weighted by Gasteiger charge is -2.06. The van der Waals surface area contributed by atoms with Crippen molar-refractivity contribution in [2.24, 2.45) is 0 Å². The number of amides is 2. The van der Waals surface area contributed by atoms with Gasteiger partial charge >= 0.3 is 6.03 Å². The predicted molar refractivity (Wildman–Crippen MR) is 73.5 cm³/mol. The molecule has 7 heteroatoms. The van der Waals surface area contributed by atoms with Crippen molar-refractivity contribution in [2.45, 2.75) is 13.5 Å². The Balaban J connectivity index is 1.84. The smallest absolute Gasteiger partial charge is 0.320 e. The Morgan fingerprint density at radius 3 is 3.00 bits per heavy atom. The van der Waals surface area contributed by atoms with Crippen LogP contribution in [0.5, 0.6) is 5.88 Å². The highest BCUT2D eigenvalue weighted by Crippen LogP contribution is 2.15. The van der Waals surface area contributed by atoms with Crippen LogP contribution < -0.4 is 15.4 Å². The van der Waals surface area contributed by atoms with Gasteiger partial charge in [0.05, 0.1) is 13.7 Å². The average molecular weight is 278 g/mol. The van der Waals surface area contributed by atoms with Gasteiger partial charge in [0.2, 0.25) is 5.88 Å². The first kappa shape index (κ1) is 13.3. The molecule has 0 aliphatic heterocycles. The number of carbonyl (C=O) groups is 1. The van der Waals surface area contributed by atoms with E-state index in [1.54, 1.807) is 19.2 Å². The number of aryl methyl sites for hydroxylation is 1. The Morgan fingerprint density at radius 2 is 2.32 bits per heavy atom. The molecule has 0 aliphatic rings. The summed E-state index contributed by atoms with van der Waals surface area (Å²) in [6.45, 7) is 2.27. The maximum Gasteiger partial charge on any atom is 0.320 e. The monoisotopic (exact) mass is 278 g/mol. The van der Waals surface area contributed by atoms with Crippen molar-refractivity contribution in [3.05, 3.63) is 34.8 Å². The predicted octanol–water partition coefficient (Wildman–Crippen LogP) is 2.18. The van der Waals surface area contributed by atoms with Crippen molar-refractivity contribution in [2.75, 3.05) is 12.4 Å². The first-order chi connectivity index (χ1) is 9.17. The minimum Gasteiger partial charge on any atom is -0.480 e. The van der Waals surface area contributed by atoms with Gasteiger partial charge in [-0.05, 0) is 30.6 Å². The highest BCUT2D eigenvalue weighted by Gasteiger charge is 2.05. The lowest BCUT2D eigenvalue weighted by Crippen LogP contribution is -2.28. The molecule has 0 atom stereocenters. The molecule has 0 saturated heterocycles. The molecule has 19 heavy (non-hydrogen) atoms. The van der Waals surface area contributed by atoms with Gasteiger partial charge in [-0.15, -0.1) is 0 Å². The van der Waals surface area contributed by atoms with Crippen molar-refractivity contribution in [1.82, 2.24) is 14.7 Å². The van der Waals surface area contributed by atoms with E-state index in [0.29, 0.717) is 18.2 Å². The SMILES string of the molecule is COc1cc(CNC(=O)Nc2cccc(C)n2)sn1. The van der Waals surface area contributed by atoms with E-state index in [-0.39, 0.29) is 6.03 Å². The van der Waals surface area contributed by atoms with Gasteiger partial charge in [0.1, 0.15) is 5.82 Å². The summed E-state index contributed by atoms with van der Waals surface area (Å²) >= 11 is 1.29. The first-order valence-corrected chi connectivity index (χ1v) is 6.43. The lowest BCUT2D eigenvalue weighted by atomic mass is 10.4. The normalized spacial score (nSPS) is 10.0. The van der Waals surface area contributed by atoms with Crippen LogP contribution in [-0.4, -0.2) is 22.5 Å². The van der Waals surface area contributed by atoms with Crippen LogP contribution in [0.4, 0.5) is 10.6 Å². The summed E-state index contributed by atoms with van der Waals surface area (Å²) in [7, 11) is 1.56. The molecular formula is C12H14N4O2S. The number of rotatable bonds is 4. The molecule has 6 nitrogen and oxygen atoms in total. The Labute approximate surface area is 115 Å². The Bertz CT molecular complexity index is 570. The molecule has 2 heterocycles. The average Bonchev–Trinajstić information content (AvgIpc) is 2.84. The molecule has 2 rings (SSSR count). The Morgan fingerprint density at radius 1 is 1.47 bits per heavy atom. The van der Waals surface area contributed by atoms with E-state index < -0.39 is 0 Å². The number of ether oxygens (including phenoxy) is 1. The number of carbonyl (C=O) groups excluding carboxylic acids is 1. The molecule has 2 aromatic rings. The van der Waals surface area contributed by atoms with E-state index in [2.05, 4.69) is 20.0 Å². The highest BCUT2D eigenvalue weighted by atomic mass is 32.1. The lowest BCUT2D eigenvalue weighted by molar-refractivity contribution is 0.251. The van der Waals surface area contributed by atoms with Gasteiger partial charge in [0.15, 0.2) is 0 Å². The molecular weight excluding hydrogens is 264 g/mol. The molecule has 0 unspecified atom stereocenters. The van der Waals surface area contributed by atoms with E-state index in [0.717, 1.165) is 10.6 Å². The van der Waals surface area contributed by atoms with E-state index in [4.69, 9.17) is 4.74 Å². The fraction of sp³-hybridized carbons (Fsp3) is 0.250. The van der Waals surface area contributed by atoms with Crippen molar-refractivity contribution in [1.29, 1.82) is 0 Å². The number of anilines is 1. The molecule has 0 saturated carbocycles. The number of methoxy groups -OCH3 is 1. The first-order valence-electron chi connectivity index (χ1n) is 5.65. The quantitative estimate of drug-likeness (QED) is 0.898. The number of hydrogen-bond acceptors (Lipinski definition) is 5. The molecule has 2 aromatic heterocycles. The van der Waals surface area contributed by atoms with E-state index in [1.807, 2.05) is 19.1 Å². The van der Waals surface area contributed by atoms with Crippen LogP contribution in [0, 0.1) is 6.92 Å². The Hall–Kier alpha value is -2.15. The zero-order chi connectivity index (χ0) is 13.7. The summed E-state index contributed by atoms with van der Waals surface area (Å²) in [5.41, 5.74) is 0.852. The molecule has 0 radical (unpaired) electrons. The van der Waals surface area contributed by atoms with Gasteiger partial charge in [0.25, 0.3) is 0 Å². The van der Waals surface area contributed by atoms with Crippen LogP contribution in [0.2, 0.25) is 0 Å². The van der Waals surface area contributed by atoms with E-state index in [1.165, 1.54) is 11.5 Å². The van der Waals surface area contributed by atoms with Gasteiger partial charge in [0, 0.05) is 16.6 Å². The van der Waals surface area contributed by atoms with Gasteiger partial charge in [-0.1, -0.05) is 6.07 Å².